The van der Waals surface area contributed by atoms with Gasteiger partial charge in [-0.25, -0.2) is 0 Å². The predicted molar refractivity (Wildman–Crippen MR) is 83.8 cm³/mol. The maximum absolute atomic E-state index is 6.17. The van der Waals surface area contributed by atoms with Crippen molar-refractivity contribution >= 4 is 11.8 Å². The molecule has 2 heterocycles. The molecule has 3 nitrogen and oxygen atoms in total. The van der Waals surface area contributed by atoms with Crippen LogP contribution in [0.5, 0.6) is 0 Å². The van der Waals surface area contributed by atoms with Gasteiger partial charge in [-0.2, -0.15) is 11.8 Å². The number of unbranched alkanes of at least 4 members (excludes halogenated alkanes) is 2. The summed E-state index contributed by atoms with van der Waals surface area (Å²) >= 11 is 2.09. The van der Waals surface area contributed by atoms with Crippen molar-refractivity contribution in [3.8, 4) is 0 Å². The Kier molecular flexibility index (Phi) is 6.46. The highest BCUT2D eigenvalue weighted by molar-refractivity contribution is 7.99. The summed E-state index contributed by atoms with van der Waals surface area (Å²) in [7, 11) is 2.30. The molecule has 112 valence electrons. The molecule has 2 aliphatic rings. The number of ether oxygens (including phenoxy) is 1. The molecular weight excluding hydrogens is 256 g/mol. The largest absolute Gasteiger partial charge is 0.375 e. The first-order valence-corrected chi connectivity index (χ1v) is 9.03. The zero-order valence-corrected chi connectivity index (χ0v) is 13.2. The van der Waals surface area contributed by atoms with Gasteiger partial charge in [-0.3, -0.25) is 0 Å². The van der Waals surface area contributed by atoms with Crippen LogP contribution < -0.4 is 5.73 Å². The number of thioether (sulfide) groups is 1. The lowest BCUT2D eigenvalue weighted by atomic mass is 9.85. The molecule has 2 N–H and O–H groups in total. The summed E-state index contributed by atoms with van der Waals surface area (Å²) in [6.07, 6.45) is 8.70. The van der Waals surface area contributed by atoms with Crippen LogP contribution in [0, 0.1) is 0 Å². The molecule has 2 rings (SSSR count). The van der Waals surface area contributed by atoms with E-state index in [1.165, 1.54) is 63.0 Å². The molecule has 0 radical (unpaired) electrons. The van der Waals surface area contributed by atoms with E-state index in [9.17, 15) is 0 Å². The Labute approximate surface area is 122 Å². The molecule has 2 saturated heterocycles. The lowest BCUT2D eigenvalue weighted by Crippen LogP contribution is -2.49. The fourth-order valence-electron chi connectivity index (χ4n) is 3.33. The van der Waals surface area contributed by atoms with Gasteiger partial charge in [0.15, 0.2) is 0 Å². The lowest BCUT2D eigenvalue weighted by molar-refractivity contribution is -0.107. The monoisotopic (exact) mass is 286 g/mol. The predicted octanol–water partition coefficient (Wildman–Crippen LogP) is 2.49. The summed E-state index contributed by atoms with van der Waals surface area (Å²) in [6.45, 7) is 3.01. The molecule has 0 aliphatic carbocycles. The van der Waals surface area contributed by atoms with Crippen molar-refractivity contribution in [2.24, 2.45) is 5.73 Å². The average Bonchev–Trinajstić information content (AvgIpc) is 2.44. The van der Waals surface area contributed by atoms with Gasteiger partial charge in [0.1, 0.15) is 0 Å². The minimum Gasteiger partial charge on any atom is -0.375 e. The maximum Gasteiger partial charge on any atom is 0.0713 e. The van der Waals surface area contributed by atoms with E-state index < -0.39 is 0 Å². The van der Waals surface area contributed by atoms with E-state index in [1.807, 2.05) is 0 Å². The molecule has 0 aromatic rings. The SMILES string of the molecule is CN(CCCCCN)C1CCOC2(CCSCC2)C1. The van der Waals surface area contributed by atoms with Gasteiger partial charge in [0.2, 0.25) is 0 Å². The molecule has 0 aromatic carbocycles. The minimum atomic E-state index is 0.222. The molecule has 4 heteroatoms. The summed E-state index contributed by atoms with van der Waals surface area (Å²) in [5.74, 6) is 2.57. The first-order valence-electron chi connectivity index (χ1n) is 7.88. The molecule has 1 spiro atoms. The second-order valence-corrected chi connectivity index (χ2v) is 7.35. The molecule has 0 amide bonds. The Morgan fingerprint density at radius 1 is 1.26 bits per heavy atom. The quantitative estimate of drug-likeness (QED) is 0.761. The lowest BCUT2D eigenvalue weighted by Gasteiger charge is -2.45. The summed E-state index contributed by atoms with van der Waals surface area (Å²) in [5, 5.41) is 0. The van der Waals surface area contributed by atoms with Crippen LogP contribution in [0.2, 0.25) is 0 Å². The second kappa shape index (κ2) is 7.87. The van der Waals surface area contributed by atoms with Crippen LogP contribution in [0.1, 0.15) is 44.9 Å². The molecule has 0 aromatic heterocycles. The zero-order chi connectivity index (χ0) is 13.6. The molecule has 19 heavy (non-hydrogen) atoms. The summed E-state index contributed by atoms with van der Waals surface area (Å²) in [5.41, 5.74) is 5.77. The molecule has 0 saturated carbocycles. The molecule has 1 atom stereocenters. The first-order chi connectivity index (χ1) is 9.26. The molecule has 1 unspecified atom stereocenters. The highest BCUT2D eigenvalue weighted by Gasteiger charge is 2.39. The highest BCUT2D eigenvalue weighted by Crippen LogP contribution is 2.38. The molecule has 0 bridgehead atoms. The van der Waals surface area contributed by atoms with Crippen LogP contribution in [-0.2, 0) is 4.74 Å². The molecule has 2 aliphatic heterocycles. The van der Waals surface area contributed by atoms with E-state index in [-0.39, 0.29) is 5.60 Å². The van der Waals surface area contributed by atoms with E-state index in [4.69, 9.17) is 10.5 Å². The molecular formula is C15H30N2OS. The Bertz CT molecular complexity index is 251. The second-order valence-electron chi connectivity index (χ2n) is 6.12. The van der Waals surface area contributed by atoms with Crippen molar-refractivity contribution in [1.29, 1.82) is 0 Å². The number of hydrogen-bond acceptors (Lipinski definition) is 4. The zero-order valence-electron chi connectivity index (χ0n) is 12.4. The van der Waals surface area contributed by atoms with E-state index in [1.54, 1.807) is 0 Å². The van der Waals surface area contributed by atoms with E-state index in [0.717, 1.165) is 19.2 Å². The van der Waals surface area contributed by atoms with Gasteiger partial charge in [0, 0.05) is 12.6 Å². The Balaban J connectivity index is 1.76. The van der Waals surface area contributed by atoms with Crippen LogP contribution in [0.4, 0.5) is 0 Å². The number of hydrogen-bond donors (Lipinski definition) is 1. The van der Waals surface area contributed by atoms with Crippen LogP contribution in [0.3, 0.4) is 0 Å². The van der Waals surface area contributed by atoms with Crippen molar-refractivity contribution in [3.63, 3.8) is 0 Å². The highest BCUT2D eigenvalue weighted by atomic mass is 32.2. The van der Waals surface area contributed by atoms with E-state index in [2.05, 4.69) is 23.7 Å². The fourth-order valence-corrected chi connectivity index (χ4v) is 4.57. The Morgan fingerprint density at radius 2 is 2.05 bits per heavy atom. The Hall–Kier alpha value is 0.230. The number of rotatable bonds is 6. The van der Waals surface area contributed by atoms with E-state index in [0.29, 0.717) is 0 Å². The number of nitrogens with two attached hydrogens (primary N) is 1. The van der Waals surface area contributed by atoms with Gasteiger partial charge < -0.3 is 15.4 Å². The summed E-state index contributed by atoms with van der Waals surface area (Å²) in [4.78, 5) is 2.57. The normalized spacial score (nSPS) is 27.0. The van der Waals surface area contributed by atoms with Gasteiger partial charge in [0.05, 0.1) is 5.60 Å². The smallest absolute Gasteiger partial charge is 0.0713 e. The van der Waals surface area contributed by atoms with E-state index >= 15 is 0 Å². The van der Waals surface area contributed by atoms with Gasteiger partial charge in [0.25, 0.3) is 0 Å². The third-order valence-electron chi connectivity index (χ3n) is 4.71. The number of nitrogens with zero attached hydrogens (tertiary/aromatic N) is 1. The Morgan fingerprint density at radius 3 is 2.79 bits per heavy atom. The van der Waals surface area contributed by atoms with Crippen molar-refractivity contribution < 1.29 is 4.74 Å². The molecule has 2 fully saturated rings. The van der Waals surface area contributed by atoms with Crippen molar-refractivity contribution in [1.82, 2.24) is 4.90 Å². The van der Waals surface area contributed by atoms with Gasteiger partial charge in [-0.15, -0.1) is 0 Å². The topological polar surface area (TPSA) is 38.5 Å². The van der Waals surface area contributed by atoms with Crippen molar-refractivity contribution in [2.45, 2.75) is 56.6 Å². The van der Waals surface area contributed by atoms with Crippen LogP contribution >= 0.6 is 11.8 Å². The van der Waals surface area contributed by atoms with Gasteiger partial charge in [-0.1, -0.05) is 6.42 Å². The fraction of sp³-hybridized carbons (Fsp3) is 1.00. The van der Waals surface area contributed by atoms with Crippen molar-refractivity contribution in [2.75, 3.05) is 38.2 Å². The summed E-state index contributed by atoms with van der Waals surface area (Å²) in [6, 6.07) is 0.731. The first kappa shape index (κ1) is 15.6. The summed E-state index contributed by atoms with van der Waals surface area (Å²) < 4.78 is 6.17. The minimum absolute atomic E-state index is 0.222. The average molecular weight is 286 g/mol. The third-order valence-corrected chi connectivity index (χ3v) is 5.69. The maximum atomic E-state index is 6.17. The van der Waals surface area contributed by atoms with Gasteiger partial charge in [-0.05, 0) is 70.2 Å². The standard InChI is InChI=1S/C15H30N2OS/c1-17(9-4-2-3-8-16)14-5-10-18-15(13-14)6-11-19-12-7-15/h14H,2-13,16H2,1H3. The third kappa shape index (κ3) is 4.62. The van der Waals surface area contributed by atoms with Crippen LogP contribution in [0.25, 0.3) is 0 Å². The van der Waals surface area contributed by atoms with Gasteiger partial charge >= 0.3 is 0 Å². The van der Waals surface area contributed by atoms with Crippen LogP contribution in [-0.4, -0.2) is 54.8 Å². The van der Waals surface area contributed by atoms with Crippen molar-refractivity contribution in [3.05, 3.63) is 0 Å². The van der Waals surface area contributed by atoms with Crippen LogP contribution in [0.15, 0.2) is 0 Å².